The molecule has 0 radical (unpaired) electrons. The molecular weight excluding hydrogens is 771 g/mol. The molecule has 1 atom stereocenters. The van der Waals surface area contributed by atoms with Gasteiger partial charge in [0.2, 0.25) is 0 Å². The van der Waals surface area contributed by atoms with Crippen molar-refractivity contribution in [2.45, 2.75) is 19.4 Å². The molecule has 0 bridgehead atoms. The van der Waals surface area contributed by atoms with Crippen molar-refractivity contribution in [1.29, 1.82) is 0 Å². The van der Waals surface area contributed by atoms with E-state index in [2.05, 4.69) is 193 Å². The molecule has 1 unspecified atom stereocenters. The number of hydrogen-bond acceptors (Lipinski definition) is 4. The first kappa shape index (κ1) is 35.6. The van der Waals surface area contributed by atoms with Gasteiger partial charge in [0, 0.05) is 49.5 Å². The quantitative estimate of drug-likeness (QED) is 0.182. The smallest absolute Gasteiger partial charge is 0.138 e. The summed E-state index contributed by atoms with van der Waals surface area (Å²) in [5, 5.41) is 13.1. The largest absolute Gasteiger partial charge is 0.456 e. The van der Waals surface area contributed by atoms with Crippen molar-refractivity contribution in [3.05, 3.63) is 216 Å². The van der Waals surface area contributed by atoms with Gasteiger partial charge in [0.1, 0.15) is 28.2 Å². The molecule has 13 rings (SSSR count). The SMILES string of the molecule is CCC1=C(c2ccc3c(c2)oc2ccccc23)N=C(c2cc(-n3c4ccccc4c4cc5ccccc5cc43)cc3oc4ccccc4c23)NC1c1ccc(-c2ccccc2)cc1. The Balaban J connectivity index is 1.07. The summed E-state index contributed by atoms with van der Waals surface area (Å²) in [7, 11) is 0. The molecule has 1 N–H and O–H groups in total. The first-order chi connectivity index (χ1) is 31.2. The van der Waals surface area contributed by atoms with Gasteiger partial charge in [-0.2, -0.15) is 0 Å². The maximum atomic E-state index is 6.79. The van der Waals surface area contributed by atoms with Crippen LogP contribution in [0.5, 0.6) is 0 Å². The molecule has 5 heteroatoms. The van der Waals surface area contributed by atoms with Crippen molar-refractivity contribution in [1.82, 2.24) is 9.88 Å². The van der Waals surface area contributed by atoms with Crippen LogP contribution in [-0.2, 0) is 0 Å². The first-order valence-corrected chi connectivity index (χ1v) is 21.7. The number of aromatic nitrogens is 1. The normalized spacial score (nSPS) is 14.5. The Hall–Kier alpha value is -8.15. The van der Waals surface area contributed by atoms with Gasteiger partial charge in [-0.15, -0.1) is 0 Å². The minimum atomic E-state index is -0.162. The number of fused-ring (bicyclic) bond motifs is 10. The lowest BCUT2D eigenvalue weighted by molar-refractivity contribution is 0.668. The molecule has 63 heavy (non-hydrogen) atoms. The van der Waals surface area contributed by atoms with E-state index in [1.54, 1.807) is 0 Å². The molecule has 4 heterocycles. The fourth-order valence-electron chi connectivity index (χ4n) is 10.1. The van der Waals surface area contributed by atoms with Gasteiger partial charge in [-0.25, -0.2) is 4.99 Å². The molecule has 9 aromatic carbocycles. The second-order valence-electron chi connectivity index (χ2n) is 16.6. The fourth-order valence-corrected chi connectivity index (χ4v) is 10.1. The van der Waals surface area contributed by atoms with E-state index >= 15 is 0 Å². The summed E-state index contributed by atoms with van der Waals surface area (Å²) >= 11 is 0. The molecule has 1 aliphatic rings. The summed E-state index contributed by atoms with van der Waals surface area (Å²) in [5.41, 5.74) is 14.3. The number of para-hydroxylation sites is 3. The van der Waals surface area contributed by atoms with Crippen LogP contribution in [0.3, 0.4) is 0 Å². The Morgan fingerprint density at radius 1 is 0.492 bits per heavy atom. The van der Waals surface area contributed by atoms with Gasteiger partial charge in [0.15, 0.2) is 0 Å². The zero-order chi connectivity index (χ0) is 41.6. The van der Waals surface area contributed by atoms with Crippen LogP contribution in [0.15, 0.2) is 214 Å². The maximum absolute atomic E-state index is 6.79. The summed E-state index contributed by atoms with van der Waals surface area (Å²) in [6.45, 7) is 2.23. The molecule has 3 aromatic heterocycles. The predicted molar refractivity (Wildman–Crippen MR) is 261 cm³/mol. The molecule has 0 fully saturated rings. The number of amidine groups is 1. The Kier molecular flexibility index (Phi) is 7.88. The number of benzene rings is 9. The van der Waals surface area contributed by atoms with Crippen molar-refractivity contribution in [2.24, 2.45) is 4.99 Å². The molecule has 0 amide bonds. The van der Waals surface area contributed by atoms with Gasteiger partial charge >= 0.3 is 0 Å². The van der Waals surface area contributed by atoms with Gasteiger partial charge in [-0.3, -0.25) is 0 Å². The van der Waals surface area contributed by atoms with Crippen molar-refractivity contribution in [3.63, 3.8) is 0 Å². The van der Waals surface area contributed by atoms with Crippen LogP contribution in [0.1, 0.15) is 36.1 Å². The minimum absolute atomic E-state index is 0.162. The average Bonchev–Trinajstić information content (AvgIpc) is 4.02. The summed E-state index contributed by atoms with van der Waals surface area (Å²) in [4.78, 5) is 5.69. The van der Waals surface area contributed by atoms with Gasteiger partial charge in [-0.05, 0) is 88.0 Å². The Bertz CT molecular complexity index is 3860. The van der Waals surface area contributed by atoms with Crippen molar-refractivity contribution < 1.29 is 8.83 Å². The third-order valence-corrected chi connectivity index (χ3v) is 13.1. The summed E-state index contributed by atoms with van der Waals surface area (Å²) < 4.78 is 15.7. The van der Waals surface area contributed by atoms with Crippen LogP contribution in [0, 0.1) is 0 Å². The molecule has 0 saturated heterocycles. The van der Waals surface area contributed by atoms with Crippen LogP contribution in [0.25, 0.3) is 99.0 Å². The highest BCUT2D eigenvalue weighted by Gasteiger charge is 2.30. The highest BCUT2D eigenvalue weighted by molar-refractivity contribution is 6.21. The van der Waals surface area contributed by atoms with Crippen LogP contribution in [0.2, 0.25) is 0 Å². The van der Waals surface area contributed by atoms with E-state index in [4.69, 9.17) is 13.8 Å². The molecule has 0 spiro atoms. The summed E-state index contributed by atoms with van der Waals surface area (Å²) in [6, 6.07) is 69.0. The summed E-state index contributed by atoms with van der Waals surface area (Å²) in [5.74, 6) is 0.786. The molecule has 0 saturated carbocycles. The summed E-state index contributed by atoms with van der Waals surface area (Å²) in [6.07, 6.45) is 0.793. The molecule has 12 aromatic rings. The van der Waals surface area contributed by atoms with Gasteiger partial charge in [-0.1, -0.05) is 146 Å². The topological polar surface area (TPSA) is 55.6 Å². The number of furan rings is 2. The third-order valence-electron chi connectivity index (χ3n) is 13.1. The second kappa shape index (κ2) is 13.9. The average molecular weight is 810 g/mol. The van der Waals surface area contributed by atoms with Gasteiger partial charge in [0.25, 0.3) is 0 Å². The lowest BCUT2D eigenvalue weighted by Crippen LogP contribution is -2.34. The van der Waals surface area contributed by atoms with E-state index in [0.29, 0.717) is 0 Å². The Labute approximate surface area is 362 Å². The Morgan fingerprint density at radius 2 is 1.13 bits per heavy atom. The fraction of sp³-hybridized carbons (Fsp3) is 0.0517. The molecular formula is C58H39N3O2. The van der Waals surface area contributed by atoms with Crippen LogP contribution in [0.4, 0.5) is 0 Å². The van der Waals surface area contributed by atoms with Crippen molar-refractivity contribution in [3.8, 4) is 16.8 Å². The molecule has 5 nitrogen and oxygen atoms in total. The maximum Gasteiger partial charge on any atom is 0.138 e. The van der Waals surface area contributed by atoms with Crippen molar-refractivity contribution >= 4 is 88.0 Å². The van der Waals surface area contributed by atoms with Crippen LogP contribution < -0.4 is 5.32 Å². The van der Waals surface area contributed by atoms with Crippen molar-refractivity contribution in [2.75, 3.05) is 0 Å². The monoisotopic (exact) mass is 809 g/mol. The predicted octanol–water partition coefficient (Wildman–Crippen LogP) is 15.3. The van der Waals surface area contributed by atoms with E-state index in [9.17, 15) is 0 Å². The highest BCUT2D eigenvalue weighted by atomic mass is 16.3. The highest BCUT2D eigenvalue weighted by Crippen LogP contribution is 2.43. The minimum Gasteiger partial charge on any atom is -0.456 e. The molecule has 298 valence electrons. The van der Waals surface area contributed by atoms with E-state index < -0.39 is 0 Å². The van der Waals surface area contributed by atoms with E-state index in [0.717, 1.165) is 89.7 Å². The Morgan fingerprint density at radius 3 is 1.94 bits per heavy atom. The molecule has 0 aliphatic carbocycles. The lowest BCUT2D eigenvalue weighted by Gasteiger charge is -2.30. The zero-order valence-corrected chi connectivity index (χ0v) is 34.5. The lowest BCUT2D eigenvalue weighted by atomic mass is 9.89. The van der Waals surface area contributed by atoms with E-state index in [1.807, 2.05) is 18.2 Å². The molecule has 1 aliphatic heterocycles. The van der Waals surface area contributed by atoms with E-state index in [1.165, 1.54) is 43.8 Å². The number of aliphatic imine (C=N–C) groups is 1. The number of nitrogens with zero attached hydrogens (tertiary/aromatic N) is 2. The third kappa shape index (κ3) is 5.60. The number of nitrogens with one attached hydrogen (secondary N) is 1. The van der Waals surface area contributed by atoms with Crippen LogP contribution >= 0.6 is 0 Å². The van der Waals surface area contributed by atoms with Crippen LogP contribution in [-0.4, -0.2) is 10.4 Å². The first-order valence-electron chi connectivity index (χ1n) is 21.7. The number of hydrogen-bond donors (Lipinski definition) is 1. The standard InChI is InChI=1S/C58H39N3O2/c1-2-42-56(37-26-24-36(25-27-37)35-14-4-3-5-15-35)59-58(60-57(42)40-28-29-45-44-19-9-12-22-51(44)62-53(45)32-40)48-33-41(34-54-55(48)46-20-10-13-23-52(46)63-54)61-49-21-11-8-18-43(49)47-30-38-16-6-7-17-39(38)31-50(47)61/h3-34,56H,2H2,1H3,(H,59,60). The zero-order valence-electron chi connectivity index (χ0n) is 34.5. The van der Waals surface area contributed by atoms with E-state index in [-0.39, 0.29) is 6.04 Å². The number of rotatable bonds is 6. The van der Waals surface area contributed by atoms with Gasteiger partial charge in [0.05, 0.1) is 28.5 Å². The second-order valence-corrected chi connectivity index (χ2v) is 16.6. The van der Waals surface area contributed by atoms with Gasteiger partial charge < -0.3 is 18.7 Å².